The molecule has 0 heterocycles. The largest absolute Gasteiger partial charge is 0.395 e. The molecule has 0 spiro atoms. The molecule has 2 N–H and O–H groups in total. The van der Waals surface area contributed by atoms with Gasteiger partial charge < -0.3 is 15.3 Å². The van der Waals surface area contributed by atoms with Crippen LogP contribution >= 0.6 is 0 Å². The summed E-state index contributed by atoms with van der Waals surface area (Å²) in [7, 11) is 0. The van der Waals surface area contributed by atoms with Crippen LogP contribution in [0.1, 0.15) is 25.8 Å². The number of hydrogen-bond acceptors (Lipinski definition) is 3. The highest BCUT2D eigenvalue weighted by Crippen LogP contribution is 2.23. The molecular weight excluding hydrogens is 231 g/mol. The first-order valence-electron chi connectivity index (χ1n) is 6.58. The number of benzene rings is 1. The number of nitrogens with one attached hydrogen (secondary N) is 1. The molecule has 18 heavy (non-hydrogen) atoms. The SMILES string of the molecule is CCCN(CCO)c1cccc(F)c1CNCC. The van der Waals surface area contributed by atoms with Crippen LogP contribution in [0.25, 0.3) is 0 Å². The number of anilines is 1. The Bertz CT molecular complexity index is 352. The van der Waals surface area contributed by atoms with Gasteiger partial charge in [-0.15, -0.1) is 0 Å². The van der Waals surface area contributed by atoms with Crippen molar-refractivity contribution in [2.45, 2.75) is 26.8 Å². The van der Waals surface area contributed by atoms with Crippen LogP contribution in [0.4, 0.5) is 10.1 Å². The van der Waals surface area contributed by atoms with Crippen LogP contribution in [-0.4, -0.2) is 31.3 Å². The van der Waals surface area contributed by atoms with E-state index in [-0.39, 0.29) is 12.4 Å². The second-order valence-electron chi connectivity index (χ2n) is 4.23. The van der Waals surface area contributed by atoms with Crippen LogP contribution < -0.4 is 10.2 Å². The topological polar surface area (TPSA) is 35.5 Å². The molecule has 0 bridgehead atoms. The maximum atomic E-state index is 13.9. The Hall–Kier alpha value is -1.13. The zero-order valence-electron chi connectivity index (χ0n) is 11.2. The number of aliphatic hydroxyl groups is 1. The second-order valence-corrected chi connectivity index (χ2v) is 4.23. The summed E-state index contributed by atoms with van der Waals surface area (Å²) < 4.78 is 13.9. The molecule has 102 valence electrons. The standard InChI is InChI=1S/C14H23FN2O/c1-3-8-17(9-10-18)14-7-5-6-13(15)12(14)11-16-4-2/h5-7,16,18H,3-4,8-11H2,1-2H3. The maximum Gasteiger partial charge on any atom is 0.129 e. The molecule has 0 fully saturated rings. The summed E-state index contributed by atoms with van der Waals surface area (Å²) in [6, 6.07) is 5.13. The second kappa shape index (κ2) is 8.06. The fraction of sp³-hybridized carbons (Fsp3) is 0.571. The van der Waals surface area contributed by atoms with Gasteiger partial charge in [-0.25, -0.2) is 4.39 Å². The third-order valence-corrected chi connectivity index (χ3v) is 2.85. The molecule has 0 radical (unpaired) electrons. The lowest BCUT2D eigenvalue weighted by Gasteiger charge is -2.26. The van der Waals surface area contributed by atoms with Crippen LogP contribution in [-0.2, 0) is 6.54 Å². The molecule has 1 rings (SSSR count). The van der Waals surface area contributed by atoms with E-state index >= 15 is 0 Å². The Labute approximate surface area is 109 Å². The average molecular weight is 254 g/mol. The number of rotatable bonds is 8. The number of halogens is 1. The van der Waals surface area contributed by atoms with Gasteiger partial charge in [0.25, 0.3) is 0 Å². The molecule has 0 saturated heterocycles. The van der Waals surface area contributed by atoms with Crippen molar-refractivity contribution in [2.24, 2.45) is 0 Å². The Morgan fingerprint density at radius 2 is 2.06 bits per heavy atom. The van der Waals surface area contributed by atoms with E-state index in [1.807, 2.05) is 17.9 Å². The summed E-state index contributed by atoms with van der Waals surface area (Å²) in [4.78, 5) is 2.04. The molecule has 3 nitrogen and oxygen atoms in total. The molecule has 0 atom stereocenters. The summed E-state index contributed by atoms with van der Waals surface area (Å²) in [5, 5.41) is 12.3. The minimum atomic E-state index is -0.188. The first-order chi connectivity index (χ1) is 8.74. The van der Waals surface area contributed by atoms with Crippen LogP contribution in [0.2, 0.25) is 0 Å². The molecule has 0 aliphatic carbocycles. The highest BCUT2D eigenvalue weighted by Gasteiger charge is 2.13. The van der Waals surface area contributed by atoms with E-state index in [1.165, 1.54) is 6.07 Å². The van der Waals surface area contributed by atoms with Crippen molar-refractivity contribution in [3.8, 4) is 0 Å². The summed E-state index contributed by atoms with van der Waals surface area (Å²) in [5.41, 5.74) is 1.56. The molecule has 0 saturated carbocycles. The molecule has 0 aliphatic rings. The van der Waals surface area contributed by atoms with Crippen molar-refractivity contribution >= 4 is 5.69 Å². The van der Waals surface area contributed by atoms with Gasteiger partial charge in [0, 0.05) is 30.9 Å². The lowest BCUT2D eigenvalue weighted by molar-refractivity contribution is 0.301. The van der Waals surface area contributed by atoms with Gasteiger partial charge >= 0.3 is 0 Å². The van der Waals surface area contributed by atoms with Crippen LogP contribution in [0.3, 0.4) is 0 Å². The number of aliphatic hydroxyl groups excluding tert-OH is 1. The van der Waals surface area contributed by atoms with Crippen molar-refractivity contribution < 1.29 is 9.50 Å². The van der Waals surface area contributed by atoms with E-state index in [1.54, 1.807) is 6.07 Å². The summed E-state index contributed by atoms with van der Waals surface area (Å²) in [6.07, 6.45) is 0.969. The van der Waals surface area contributed by atoms with Gasteiger partial charge in [0.15, 0.2) is 0 Å². The van der Waals surface area contributed by atoms with Crippen molar-refractivity contribution in [3.63, 3.8) is 0 Å². The highest BCUT2D eigenvalue weighted by atomic mass is 19.1. The minimum absolute atomic E-state index is 0.0805. The molecule has 1 aromatic carbocycles. The maximum absolute atomic E-state index is 13.9. The van der Waals surface area contributed by atoms with Gasteiger partial charge in [-0.1, -0.05) is 19.9 Å². The highest BCUT2D eigenvalue weighted by molar-refractivity contribution is 5.54. The van der Waals surface area contributed by atoms with E-state index in [4.69, 9.17) is 5.11 Å². The quantitative estimate of drug-likeness (QED) is 0.746. The van der Waals surface area contributed by atoms with Crippen LogP contribution in [0.15, 0.2) is 18.2 Å². The predicted molar refractivity (Wildman–Crippen MR) is 73.4 cm³/mol. The molecule has 0 unspecified atom stereocenters. The van der Waals surface area contributed by atoms with Crippen molar-refractivity contribution in [2.75, 3.05) is 31.1 Å². The van der Waals surface area contributed by atoms with Gasteiger partial charge in [-0.3, -0.25) is 0 Å². The fourth-order valence-corrected chi connectivity index (χ4v) is 2.01. The van der Waals surface area contributed by atoms with E-state index < -0.39 is 0 Å². The van der Waals surface area contributed by atoms with Crippen molar-refractivity contribution in [1.82, 2.24) is 5.32 Å². The smallest absolute Gasteiger partial charge is 0.129 e. The van der Waals surface area contributed by atoms with Crippen LogP contribution in [0, 0.1) is 5.82 Å². The monoisotopic (exact) mass is 254 g/mol. The number of nitrogens with zero attached hydrogens (tertiary/aromatic N) is 1. The lowest BCUT2D eigenvalue weighted by atomic mass is 10.1. The van der Waals surface area contributed by atoms with E-state index in [2.05, 4.69) is 12.2 Å². The van der Waals surface area contributed by atoms with Gasteiger partial charge in [0.05, 0.1) is 6.61 Å². The molecular formula is C14H23FN2O. The molecule has 4 heteroatoms. The Morgan fingerprint density at radius 1 is 1.28 bits per heavy atom. The zero-order valence-corrected chi connectivity index (χ0v) is 11.2. The first kappa shape index (κ1) is 14.9. The average Bonchev–Trinajstić information content (AvgIpc) is 2.37. The zero-order chi connectivity index (χ0) is 13.4. The molecule has 0 aliphatic heterocycles. The van der Waals surface area contributed by atoms with Crippen molar-refractivity contribution in [1.29, 1.82) is 0 Å². The van der Waals surface area contributed by atoms with Crippen LogP contribution in [0.5, 0.6) is 0 Å². The Kier molecular flexibility index (Phi) is 6.68. The van der Waals surface area contributed by atoms with E-state index in [0.717, 1.165) is 25.2 Å². The third kappa shape index (κ3) is 3.96. The lowest BCUT2D eigenvalue weighted by Crippen LogP contribution is -2.29. The van der Waals surface area contributed by atoms with Crippen molar-refractivity contribution in [3.05, 3.63) is 29.6 Å². The van der Waals surface area contributed by atoms with Gasteiger partial charge in [-0.05, 0) is 25.1 Å². The minimum Gasteiger partial charge on any atom is -0.395 e. The first-order valence-corrected chi connectivity index (χ1v) is 6.58. The summed E-state index contributed by atoms with van der Waals surface area (Å²) >= 11 is 0. The number of hydrogen-bond donors (Lipinski definition) is 2. The van der Waals surface area contributed by atoms with Gasteiger partial charge in [0.2, 0.25) is 0 Å². The van der Waals surface area contributed by atoms with E-state index in [9.17, 15) is 4.39 Å². The Morgan fingerprint density at radius 3 is 2.67 bits per heavy atom. The van der Waals surface area contributed by atoms with E-state index in [0.29, 0.717) is 18.7 Å². The Balaban J connectivity index is 2.99. The molecule has 1 aromatic rings. The summed E-state index contributed by atoms with van der Waals surface area (Å²) in [5.74, 6) is -0.188. The predicted octanol–water partition coefficient (Wildman–Crippen LogP) is 2.14. The summed E-state index contributed by atoms with van der Waals surface area (Å²) in [6.45, 7) is 6.84. The van der Waals surface area contributed by atoms with Gasteiger partial charge in [0.1, 0.15) is 5.82 Å². The third-order valence-electron chi connectivity index (χ3n) is 2.85. The van der Waals surface area contributed by atoms with Gasteiger partial charge in [-0.2, -0.15) is 0 Å². The molecule has 0 amide bonds. The normalized spacial score (nSPS) is 10.7. The fourth-order valence-electron chi connectivity index (χ4n) is 2.01. The molecule has 0 aromatic heterocycles.